The molecule has 4 aromatic heterocycles. The van der Waals surface area contributed by atoms with E-state index in [2.05, 4.69) is 295 Å². The number of nitrogens with zero attached hydrogens (tertiary/aromatic N) is 4. The van der Waals surface area contributed by atoms with Crippen molar-refractivity contribution in [3.05, 3.63) is 362 Å². The predicted molar refractivity (Wildman–Crippen MR) is 434 cm³/mol. The molecule has 6 heteroatoms. The SMILES string of the molecule is CC1(C)c2ccccc2-c2ccc(-c3ccc(-c4ccc(-c5cc(-c6ccccc6)nc(-c6ccccc6)n5)c5c4oc4ccccc45)cc3)cc21.CC1(C)c2ccccc2-c2ccc(-c3ccc(-c4ccc(-c5cc(-c6ccccc6)nc(-c6ccccc6)n5)c5c4sc4ccccc45)cc3)cc21. The van der Waals surface area contributed by atoms with Gasteiger partial charge in [0.15, 0.2) is 11.6 Å². The molecule has 0 amide bonds. The third-order valence-corrected chi connectivity index (χ3v) is 22.7. The van der Waals surface area contributed by atoms with Gasteiger partial charge in [-0.1, -0.05) is 325 Å². The number of rotatable bonds is 10. The molecule has 492 valence electrons. The van der Waals surface area contributed by atoms with Crippen LogP contribution in [0, 0.1) is 0 Å². The summed E-state index contributed by atoms with van der Waals surface area (Å²) in [5.41, 5.74) is 31.9. The van der Waals surface area contributed by atoms with Gasteiger partial charge >= 0.3 is 0 Å². The summed E-state index contributed by atoms with van der Waals surface area (Å²) in [6, 6.07) is 121. The zero-order valence-electron chi connectivity index (χ0n) is 57.9. The van der Waals surface area contributed by atoms with Crippen LogP contribution in [0.5, 0.6) is 0 Å². The molecular formula is C98H68N4OS. The largest absolute Gasteiger partial charge is 0.455 e. The highest BCUT2D eigenvalue weighted by Crippen LogP contribution is 2.53. The van der Waals surface area contributed by atoms with Gasteiger partial charge in [0.1, 0.15) is 11.2 Å². The Bertz CT molecular complexity index is 5870. The van der Waals surface area contributed by atoms with E-state index in [-0.39, 0.29) is 10.8 Å². The molecule has 4 heterocycles. The molecular weight excluding hydrogens is 1280 g/mol. The van der Waals surface area contributed by atoms with E-state index in [9.17, 15) is 0 Å². The summed E-state index contributed by atoms with van der Waals surface area (Å²) in [5, 5.41) is 4.60. The van der Waals surface area contributed by atoms with Crippen LogP contribution < -0.4 is 0 Å². The smallest absolute Gasteiger partial charge is 0.160 e. The van der Waals surface area contributed by atoms with Gasteiger partial charge in [-0.05, 0) is 126 Å². The first-order chi connectivity index (χ1) is 51.1. The maximum absolute atomic E-state index is 6.71. The fourth-order valence-electron chi connectivity index (χ4n) is 16.1. The molecule has 0 fully saturated rings. The van der Waals surface area contributed by atoms with Gasteiger partial charge in [-0.3, -0.25) is 0 Å². The number of thiophene rings is 1. The summed E-state index contributed by atoms with van der Waals surface area (Å²) in [6.07, 6.45) is 0. The third-order valence-electron chi connectivity index (χ3n) is 21.5. The van der Waals surface area contributed by atoms with Gasteiger partial charge in [-0.25, -0.2) is 19.9 Å². The molecule has 0 unspecified atom stereocenters. The normalized spacial score (nSPS) is 13.0. The second-order valence-electron chi connectivity index (χ2n) is 28.3. The van der Waals surface area contributed by atoms with E-state index in [0.717, 1.165) is 95.0 Å². The van der Waals surface area contributed by atoms with Crippen LogP contribution in [0.1, 0.15) is 49.9 Å². The average molecular weight is 1350 g/mol. The highest BCUT2D eigenvalue weighted by atomic mass is 32.1. The molecule has 0 atom stereocenters. The van der Waals surface area contributed by atoms with Crippen molar-refractivity contribution in [3.8, 4) is 135 Å². The van der Waals surface area contributed by atoms with Crippen molar-refractivity contribution < 1.29 is 4.42 Å². The summed E-state index contributed by atoms with van der Waals surface area (Å²) < 4.78 is 9.24. The monoisotopic (exact) mass is 1350 g/mol. The fourth-order valence-corrected chi connectivity index (χ4v) is 17.4. The Morgan fingerprint density at radius 2 is 0.615 bits per heavy atom. The third kappa shape index (κ3) is 10.7. The number of aromatic nitrogens is 4. The quantitative estimate of drug-likeness (QED) is 0.137. The molecule has 5 nitrogen and oxygen atoms in total. The number of hydrogen-bond donors (Lipinski definition) is 0. The van der Waals surface area contributed by atoms with Crippen molar-refractivity contribution in [1.82, 2.24) is 19.9 Å². The second-order valence-corrected chi connectivity index (χ2v) is 29.4. The van der Waals surface area contributed by atoms with E-state index in [1.54, 1.807) is 0 Å². The Hall–Kier alpha value is -12.7. The molecule has 104 heavy (non-hydrogen) atoms. The molecule has 18 aromatic rings. The lowest BCUT2D eigenvalue weighted by atomic mass is 9.81. The number of furan rings is 1. The number of para-hydroxylation sites is 1. The van der Waals surface area contributed by atoms with Crippen molar-refractivity contribution in [2.24, 2.45) is 0 Å². The fraction of sp³-hybridized carbons (Fsp3) is 0.0612. The van der Waals surface area contributed by atoms with Gasteiger partial charge in [-0.2, -0.15) is 0 Å². The van der Waals surface area contributed by atoms with Crippen molar-refractivity contribution in [3.63, 3.8) is 0 Å². The Kier molecular flexibility index (Phi) is 15.0. The van der Waals surface area contributed by atoms with Crippen molar-refractivity contribution in [2.45, 2.75) is 38.5 Å². The number of fused-ring (bicyclic) bond motifs is 12. The molecule has 0 aliphatic heterocycles. The van der Waals surface area contributed by atoms with Crippen molar-refractivity contribution in [1.29, 1.82) is 0 Å². The summed E-state index contributed by atoms with van der Waals surface area (Å²) in [4.78, 5) is 20.5. The van der Waals surface area contributed by atoms with Gasteiger partial charge < -0.3 is 4.42 Å². The lowest BCUT2D eigenvalue weighted by molar-refractivity contribution is 0.660. The Labute approximate surface area is 608 Å². The minimum absolute atomic E-state index is 0.0240. The van der Waals surface area contributed by atoms with Crippen LogP contribution in [-0.2, 0) is 10.8 Å². The molecule has 0 N–H and O–H groups in total. The highest BCUT2D eigenvalue weighted by Gasteiger charge is 2.37. The molecule has 2 aliphatic carbocycles. The summed E-state index contributed by atoms with van der Waals surface area (Å²) in [6.45, 7) is 9.35. The zero-order chi connectivity index (χ0) is 69.6. The lowest BCUT2D eigenvalue weighted by Crippen LogP contribution is -2.14. The van der Waals surface area contributed by atoms with E-state index in [1.807, 2.05) is 84.1 Å². The van der Waals surface area contributed by atoms with Crippen LogP contribution in [0.15, 0.2) is 344 Å². The summed E-state index contributed by atoms with van der Waals surface area (Å²) >= 11 is 1.86. The zero-order valence-corrected chi connectivity index (χ0v) is 58.8. The minimum Gasteiger partial charge on any atom is -0.455 e. The molecule has 0 spiro atoms. The molecule has 20 rings (SSSR count). The van der Waals surface area contributed by atoms with Crippen LogP contribution in [0.2, 0.25) is 0 Å². The van der Waals surface area contributed by atoms with Crippen LogP contribution in [-0.4, -0.2) is 19.9 Å². The predicted octanol–water partition coefficient (Wildman–Crippen LogP) is 26.5. The van der Waals surface area contributed by atoms with Crippen LogP contribution in [0.25, 0.3) is 177 Å². The maximum Gasteiger partial charge on any atom is 0.160 e. The van der Waals surface area contributed by atoms with Gasteiger partial charge in [0.25, 0.3) is 0 Å². The Morgan fingerprint density at radius 3 is 1.13 bits per heavy atom. The van der Waals surface area contributed by atoms with E-state index in [1.165, 1.54) is 98.1 Å². The molecule has 0 saturated heterocycles. The van der Waals surface area contributed by atoms with Crippen LogP contribution in [0.3, 0.4) is 0 Å². The number of hydrogen-bond acceptors (Lipinski definition) is 6. The van der Waals surface area contributed by atoms with Crippen molar-refractivity contribution in [2.75, 3.05) is 0 Å². The number of benzene rings is 14. The molecule has 14 aromatic carbocycles. The van der Waals surface area contributed by atoms with Gasteiger partial charge in [0.05, 0.1) is 22.8 Å². The topological polar surface area (TPSA) is 64.7 Å². The first-order valence-corrected chi connectivity index (χ1v) is 36.5. The maximum atomic E-state index is 6.71. The van der Waals surface area contributed by atoms with E-state index in [0.29, 0.717) is 5.82 Å². The molecule has 0 radical (unpaired) electrons. The minimum atomic E-state index is -0.0378. The summed E-state index contributed by atoms with van der Waals surface area (Å²) in [5.74, 6) is 1.42. The average Bonchev–Trinajstić information content (AvgIpc) is 1.59. The summed E-state index contributed by atoms with van der Waals surface area (Å²) in [7, 11) is 0. The van der Waals surface area contributed by atoms with E-state index >= 15 is 0 Å². The lowest BCUT2D eigenvalue weighted by Gasteiger charge is -2.22. The Balaban J connectivity index is 0.000000143. The molecule has 0 bridgehead atoms. The van der Waals surface area contributed by atoms with E-state index in [4.69, 9.17) is 24.4 Å². The van der Waals surface area contributed by atoms with E-state index < -0.39 is 0 Å². The molecule has 0 saturated carbocycles. The van der Waals surface area contributed by atoms with Crippen molar-refractivity contribution >= 4 is 53.4 Å². The van der Waals surface area contributed by atoms with Crippen LogP contribution >= 0.6 is 11.3 Å². The second kappa shape index (κ2) is 25.1. The Morgan fingerprint density at radius 1 is 0.250 bits per heavy atom. The first kappa shape index (κ1) is 62.3. The molecule has 2 aliphatic rings. The van der Waals surface area contributed by atoms with Crippen LogP contribution in [0.4, 0.5) is 0 Å². The standard InChI is InChI=1S/C49H34N2O.C49H34N2S/c2*1-49(2)41-19-11-9-17-37(41)38-26-25-35(29-42(38)49)31-21-23-32(24-22-31)36-27-28-39(46-40-18-10-12-20-45(40)52-47(36)46)44-30-43(33-13-5-3-6-14-33)50-48(51-44)34-15-7-4-8-16-34/h2*3-30H,1-2H3. The van der Waals surface area contributed by atoms with Gasteiger partial charge in [0.2, 0.25) is 0 Å². The van der Waals surface area contributed by atoms with Gasteiger partial charge in [0, 0.05) is 80.7 Å². The highest BCUT2D eigenvalue weighted by molar-refractivity contribution is 7.26. The first-order valence-electron chi connectivity index (χ1n) is 35.7. The van der Waals surface area contributed by atoms with Gasteiger partial charge in [-0.15, -0.1) is 11.3 Å².